The first-order valence-electron chi connectivity index (χ1n) is 9.85. The van der Waals surface area contributed by atoms with Crippen LogP contribution in [0.25, 0.3) is 11.3 Å². The molecule has 3 aromatic rings. The summed E-state index contributed by atoms with van der Waals surface area (Å²) in [6, 6.07) is 12.3. The standard InChI is InChI=1S/C22H21N7/c23-9-14-3-4-26-21(5-14)29-22-8-16(15-1-2-15)7-20(28-22)17-6-18(11-24-10-17)27-19-12-25-13-19/h3-8,10-11,15,19,25,27H,1-2,12-13H2,(H,26,28,29). The van der Waals surface area contributed by atoms with Crippen molar-refractivity contribution in [1.82, 2.24) is 20.3 Å². The van der Waals surface area contributed by atoms with Crippen LogP contribution < -0.4 is 16.0 Å². The van der Waals surface area contributed by atoms with Gasteiger partial charge in [-0.2, -0.15) is 5.26 Å². The van der Waals surface area contributed by atoms with Crippen molar-refractivity contribution < 1.29 is 0 Å². The average molecular weight is 383 g/mol. The summed E-state index contributed by atoms with van der Waals surface area (Å²) in [4.78, 5) is 13.5. The third-order valence-corrected chi connectivity index (χ3v) is 5.23. The molecule has 7 heteroatoms. The number of hydrogen-bond acceptors (Lipinski definition) is 7. The molecule has 0 atom stereocenters. The van der Waals surface area contributed by atoms with E-state index in [9.17, 15) is 0 Å². The van der Waals surface area contributed by atoms with Crippen molar-refractivity contribution in [3.63, 3.8) is 0 Å². The van der Waals surface area contributed by atoms with Crippen LogP contribution >= 0.6 is 0 Å². The quantitative estimate of drug-likeness (QED) is 0.600. The number of nitriles is 1. The Morgan fingerprint density at radius 2 is 1.97 bits per heavy atom. The molecule has 1 aliphatic heterocycles. The molecule has 3 aromatic heterocycles. The number of pyridine rings is 3. The van der Waals surface area contributed by atoms with Crippen LogP contribution in [0.3, 0.4) is 0 Å². The SMILES string of the molecule is N#Cc1ccnc(Nc2cc(C3CC3)cc(-c3cncc(NC4CNC4)c3)n2)c1. The molecule has 0 spiro atoms. The molecule has 3 N–H and O–H groups in total. The van der Waals surface area contributed by atoms with E-state index in [1.54, 1.807) is 18.3 Å². The summed E-state index contributed by atoms with van der Waals surface area (Å²) in [7, 11) is 0. The zero-order valence-corrected chi connectivity index (χ0v) is 15.9. The summed E-state index contributed by atoms with van der Waals surface area (Å²) in [6.45, 7) is 1.95. The molecule has 1 saturated carbocycles. The van der Waals surface area contributed by atoms with Gasteiger partial charge in [0.15, 0.2) is 0 Å². The summed E-state index contributed by atoms with van der Waals surface area (Å²) < 4.78 is 0. The van der Waals surface area contributed by atoms with E-state index in [0.29, 0.717) is 23.3 Å². The van der Waals surface area contributed by atoms with Crippen LogP contribution in [0.2, 0.25) is 0 Å². The highest BCUT2D eigenvalue weighted by Crippen LogP contribution is 2.42. The fourth-order valence-electron chi connectivity index (χ4n) is 3.40. The molecule has 1 aliphatic carbocycles. The number of anilines is 3. The van der Waals surface area contributed by atoms with Crippen molar-refractivity contribution >= 4 is 17.3 Å². The van der Waals surface area contributed by atoms with Gasteiger partial charge in [-0.3, -0.25) is 4.98 Å². The Morgan fingerprint density at radius 3 is 2.72 bits per heavy atom. The Bertz CT molecular complexity index is 1080. The predicted octanol–water partition coefficient (Wildman–Crippen LogP) is 3.41. The highest BCUT2D eigenvalue weighted by atomic mass is 15.1. The number of nitrogens with zero attached hydrogens (tertiary/aromatic N) is 4. The predicted molar refractivity (Wildman–Crippen MR) is 112 cm³/mol. The minimum atomic E-state index is 0.452. The number of nitrogens with one attached hydrogen (secondary N) is 3. The largest absolute Gasteiger partial charge is 0.378 e. The molecule has 7 nitrogen and oxygen atoms in total. The maximum absolute atomic E-state index is 9.12. The maximum Gasteiger partial charge on any atom is 0.132 e. The van der Waals surface area contributed by atoms with E-state index in [1.807, 2.05) is 12.4 Å². The Morgan fingerprint density at radius 1 is 1.07 bits per heavy atom. The molecule has 0 bridgehead atoms. The van der Waals surface area contributed by atoms with E-state index < -0.39 is 0 Å². The summed E-state index contributed by atoms with van der Waals surface area (Å²) >= 11 is 0. The first-order chi connectivity index (χ1) is 14.3. The second-order valence-corrected chi connectivity index (χ2v) is 7.57. The van der Waals surface area contributed by atoms with Crippen LogP contribution in [0.5, 0.6) is 0 Å². The molecule has 2 fully saturated rings. The van der Waals surface area contributed by atoms with Gasteiger partial charge in [-0.15, -0.1) is 0 Å². The van der Waals surface area contributed by atoms with Crippen LogP contribution in [-0.4, -0.2) is 34.1 Å². The monoisotopic (exact) mass is 383 g/mol. The van der Waals surface area contributed by atoms with Crippen molar-refractivity contribution in [1.29, 1.82) is 5.26 Å². The van der Waals surface area contributed by atoms with Crippen LogP contribution in [-0.2, 0) is 0 Å². The van der Waals surface area contributed by atoms with E-state index in [1.165, 1.54) is 18.4 Å². The maximum atomic E-state index is 9.12. The first kappa shape index (κ1) is 17.6. The molecule has 5 rings (SSSR count). The minimum Gasteiger partial charge on any atom is -0.378 e. The summed E-state index contributed by atoms with van der Waals surface area (Å²) in [5.41, 5.74) is 4.71. The molecule has 144 valence electrons. The number of rotatable bonds is 6. The van der Waals surface area contributed by atoms with Crippen LogP contribution in [0, 0.1) is 11.3 Å². The van der Waals surface area contributed by atoms with Gasteiger partial charge in [0.2, 0.25) is 0 Å². The van der Waals surface area contributed by atoms with Gasteiger partial charge in [-0.05, 0) is 54.7 Å². The van der Waals surface area contributed by atoms with Crippen molar-refractivity contribution in [2.75, 3.05) is 23.7 Å². The van der Waals surface area contributed by atoms with E-state index >= 15 is 0 Å². The van der Waals surface area contributed by atoms with Gasteiger partial charge in [0, 0.05) is 37.2 Å². The summed E-state index contributed by atoms with van der Waals surface area (Å²) in [5, 5.41) is 19.1. The molecule has 29 heavy (non-hydrogen) atoms. The van der Waals surface area contributed by atoms with Crippen LogP contribution in [0.1, 0.15) is 29.9 Å². The van der Waals surface area contributed by atoms with Gasteiger partial charge in [-0.25, -0.2) is 9.97 Å². The topological polar surface area (TPSA) is 98.5 Å². The molecule has 0 amide bonds. The van der Waals surface area contributed by atoms with Gasteiger partial charge in [0.1, 0.15) is 11.6 Å². The van der Waals surface area contributed by atoms with Crippen molar-refractivity contribution in [3.8, 4) is 17.3 Å². The fourth-order valence-corrected chi connectivity index (χ4v) is 3.40. The highest BCUT2D eigenvalue weighted by molar-refractivity contribution is 5.68. The average Bonchev–Trinajstić information content (AvgIpc) is 3.56. The molecule has 4 heterocycles. The second kappa shape index (κ2) is 7.49. The number of hydrogen-bond donors (Lipinski definition) is 3. The van der Waals surface area contributed by atoms with Crippen molar-refractivity contribution in [2.24, 2.45) is 0 Å². The van der Waals surface area contributed by atoms with Gasteiger partial charge in [0.25, 0.3) is 0 Å². The molecule has 1 saturated heterocycles. The van der Waals surface area contributed by atoms with Gasteiger partial charge in [0.05, 0.1) is 29.1 Å². The molecule has 2 aliphatic rings. The van der Waals surface area contributed by atoms with E-state index in [4.69, 9.17) is 10.2 Å². The lowest BCUT2D eigenvalue weighted by atomic mass is 10.1. The Kier molecular flexibility index (Phi) is 4.54. The van der Waals surface area contributed by atoms with Gasteiger partial charge in [-0.1, -0.05) is 0 Å². The fraction of sp³-hybridized carbons (Fsp3) is 0.273. The van der Waals surface area contributed by atoms with E-state index in [0.717, 1.165) is 35.9 Å². The summed E-state index contributed by atoms with van der Waals surface area (Å²) in [5.74, 6) is 1.93. The first-order valence-corrected chi connectivity index (χ1v) is 9.85. The van der Waals surface area contributed by atoms with Crippen LogP contribution in [0.4, 0.5) is 17.3 Å². The minimum absolute atomic E-state index is 0.452. The Labute approximate surface area is 169 Å². The lowest BCUT2D eigenvalue weighted by Gasteiger charge is -2.28. The molecular formula is C22H21N7. The highest BCUT2D eigenvalue weighted by Gasteiger charge is 2.25. The Hall–Kier alpha value is -3.50. The third-order valence-electron chi connectivity index (χ3n) is 5.23. The van der Waals surface area contributed by atoms with E-state index in [2.05, 4.69) is 50.2 Å². The second-order valence-electron chi connectivity index (χ2n) is 7.57. The molecule has 0 radical (unpaired) electrons. The summed E-state index contributed by atoms with van der Waals surface area (Å²) in [6.07, 6.45) is 7.74. The third kappa shape index (κ3) is 4.03. The number of aromatic nitrogens is 3. The van der Waals surface area contributed by atoms with E-state index in [-0.39, 0.29) is 0 Å². The molecular weight excluding hydrogens is 362 g/mol. The normalized spacial score (nSPS) is 16.0. The van der Waals surface area contributed by atoms with Gasteiger partial charge >= 0.3 is 0 Å². The lowest BCUT2D eigenvalue weighted by molar-refractivity contribution is 0.472. The smallest absolute Gasteiger partial charge is 0.132 e. The van der Waals surface area contributed by atoms with Crippen molar-refractivity contribution in [2.45, 2.75) is 24.8 Å². The van der Waals surface area contributed by atoms with Crippen molar-refractivity contribution in [3.05, 3.63) is 60.0 Å². The molecule has 0 aromatic carbocycles. The Balaban J connectivity index is 1.46. The zero-order chi connectivity index (χ0) is 19.6. The zero-order valence-electron chi connectivity index (χ0n) is 15.9. The molecule has 0 unspecified atom stereocenters. The lowest BCUT2D eigenvalue weighted by Crippen LogP contribution is -2.51. The van der Waals surface area contributed by atoms with Crippen LogP contribution in [0.15, 0.2) is 48.9 Å². The van der Waals surface area contributed by atoms with Gasteiger partial charge < -0.3 is 16.0 Å².